The van der Waals surface area contributed by atoms with Crippen LogP contribution in [0.15, 0.2) is 12.2 Å². The molecule has 2 fully saturated rings. The van der Waals surface area contributed by atoms with Gasteiger partial charge in [0.05, 0.1) is 11.7 Å². The number of hydrogen-bond acceptors (Lipinski definition) is 16. The summed E-state index contributed by atoms with van der Waals surface area (Å²) in [4.78, 5) is 179. The summed E-state index contributed by atoms with van der Waals surface area (Å²) < 4.78 is 0. The molecule has 0 spiro atoms. The predicted molar refractivity (Wildman–Crippen MR) is 398 cm³/mol. The van der Waals surface area contributed by atoms with Crippen molar-refractivity contribution in [1.29, 1.82) is 0 Å². The molecule has 101 heavy (non-hydrogen) atoms. The van der Waals surface area contributed by atoms with Crippen LogP contribution in [0.3, 0.4) is 0 Å². The van der Waals surface area contributed by atoms with Crippen LogP contribution in [-0.2, 0) is 52.7 Å². The summed E-state index contributed by atoms with van der Waals surface area (Å²) in [6, 6.07) is -14.4. The number of nitrogens with zero attached hydrogens (tertiary/aromatic N) is 9. The molecule has 0 aromatic carbocycles. The Morgan fingerprint density at radius 3 is 1.43 bits per heavy atom. The lowest BCUT2D eigenvalue weighted by atomic mass is 9.91. The first-order chi connectivity index (χ1) is 46.8. The third-order valence-corrected chi connectivity index (χ3v) is 20.6. The smallest absolute Gasteiger partial charge is 0.246 e. The van der Waals surface area contributed by atoms with Crippen LogP contribution in [0, 0.1) is 41.4 Å². The summed E-state index contributed by atoms with van der Waals surface area (Å²) in [7, 11) is 9.96. The summed E-state index contributed by atoms with van der Waals surface area (Å²) in [5.74, 6) is -9.04. The van der Waals surface area contributed by atoms with Crippen LogP contribution < -0.4 is 21.3 Å². The number of aliphatic hydroxyl groups is 2. The molecule has 0 bridgehead atoms. The molecule has 13 atom stereocenters. The van der Waals surface area contributed by atoms with Crippen LogP contribution >= 0.6 is 11.8 Å². The highest BCUT2D eigenvalue weighted by Gasteiger charge is 2.47. The fourth-order valence-electron chi connectivity index (χ4n) is 13.3. The first kappa shape index (κ1) is 91.2. The molecule has 11 amide bonds. The Hall–Kier alpha value is -5.90. The highest BCUT2D eigenvalue weighted by molar-refractivity contribution is 7.99. The van der Waals surface area contributed by atoms with Gasteiger partial charge >= 0.3 is 0 Å². The molecule has 0 saturated carbocycles. The molecule has 27 heteroatoms. The number of hydrogen-bond donors (Lipinski definition) is 6. The van der Waals surface area contributed by atoms with Gasteiger partial charge in [0.2, 0.25) is 65.0 Å². The van der Waals surface area contributed by atoms with Crippen molar-refractivity contribution in [2.24, 2.45) is 41.4 Å². The van der Waals surface area contributed by atoms with E-state index in [1.807, 2.05) is 47.6 Å². The minimum atomic E-state index is -1.66. The van der Waals surface area contributed by atoms with Crippen molar-refractivity contribution < 1.29 is 63.0 Å². The van der Waals surface area contributed by atoms with E-state index in [1.165, 1.54) is 118 Å². The maximum absolute atomic E-state index is 15.6. The average molecular weight is 1450 g/mol. The monoisotopic (exact) mass is 1450 g/mol. The zero-order chi connectivity index (χ0) is 77.6. The molecule has 0 aromatic heterocycles. The topological polar surface area (TPSA) is 306 Å². The largest absolute Gasteiger partial charge is 0.390 e. The summed E-state index contributed by atoms with van der Waals surface area (Å²) >= 11 is 1.44. The average Bonchev–Trinajstić information content (AvgIpc) is 0.805. The quantitative estimate of drug-likeness (QED) is 0.0619. The van der Waals surface area contributed by atoms with Crippen molar-refractivity contribution >= 4 is 76.7 Å². The SMILES string of the molecule is CC=CC[C@@H](C)[C@@H](O)[C@H]1C(=O)N[C@@H](CC)C(=O)N(C)[C@H](CSCCCN2CCN(CC(C)C)CC2)C(=O)N(C)[C@@H](CC(C)(C)O)C(=O)N[C@@H](C(C)C)C(=O)N(C)[C@@H](CC(C)C)C(=O)N[C@@H](C)C(=O)N[C@H](C)C(=O)N(C)[C@@H](CC(C)C)C(=O)N(C)[C@@H](CC(C)C)C(=O)N(C)[C@@H](C(C)C)C(=O)N1C. The highest BCUT2D eigenvalue weighted by Crippen LogP contribution is 2.27. The van der Waals surface area contributed by atoms with Gasteiger partial charge in [0.15, 0.2) is 0 Å². The zero-order valence-corrected chi connectivity index (χ0v) is 67.4. The van der Waals surface area contributed by atoms with Crippen molar-refractivity contribution in [3.05, 3.63) is 12.2 Å². The molecule has 6 N–H and O–H groups in total. The van der Waals surface area contributed by atoms with Gasteiger partial charge < -0.3 is 75.6 Å². The van der Waals surface area contributed by atoms with Gasteiger partial charge in [-0.1, -0.05) is 109 Å². The zero-order valence-electron chi connectivity index (χ0n) is 66.5. The minimum absolute atomic E-state index is 0.0231. The number of likely N-dealkylation sites (N-methyl/N-ethyl adjacent to an activating group) is 7. The summed E-state index contributed by atoms with van der Waals surface area (Å²) in [6.45, 7) is 39.1. The Bertz CT molecular complexity index is 2750. The lowest BCUT2D eigenvalue weighted by molar-refractivity contribution is -0.157. The molecule has 0 radical (unpaired) electrons. The van der Waals surface area contributed by atoms with Crippen LogP contribution in [0.1, 0.15) is 176 Å². The van der Waals surface area contributed by atoms with Gasteiger partial charge in [0.1, 0.15) is 66.5 Å². The molecule has 2 rings (SSSR count). The van der Waals surface area contributed by atoms with E-state index in [0.29, 0.717) is 11.7 Å². The van der Waals surface area contributed by atoms with E-state index in [1.54, 1.807) is 54.5 Å². The van der Waals surface area contributed by atoms with Crippen LogP contribution in [0.25, 0.3) is 0 Å². The summed E-state index contributed by atoms with van der Waals surface area (Å²) in [5, 5.41) is 35.0. The van der Waals surface area contributed by atoms with E-state index < -0.39 is 161 Å². The fourth-order valence-corrected chi connectivity index (χ4v) is 14.4. The van der Waals surface area contributed by atoms with Crippen molar-refractivity contribution in [2.75, 3.05) is 100 Å². The van der Waals surface area contributed by atoms with E-state index in [4.69, 9.17) is 0 Å². The van der Waals surface area contributed by atoms with E-state index >= 15 is 33.6 Å². The Balaban J connectivity index is 3.09. The second-order valence-electron chi connectivity index (χ2n) is 31.7. The minimum Gasteiger partial charge on any atom is -0.390 e. The maximum Gasteiger partial charge on any atom is 0.246 e. The molecule has 2 heterocycles. The van der Waals surface area contributed by atoms with Gasteiger partial charge in [-0.2, -0.15) is 11.8 Å². The molecule has 0 aliphatic carbocycles. The van der Waals surface area contributed by atoms with Crippen molar-refractivity contribution in [1.82, 2.24) is 65.4 Å². The standard InChI is InChI=1S/C74H135N13O13S/c1-27-29-31-50(15)62(88)61-66(92)77-53(28-2)68(94)83(24)58(43-101-37-30-32-86-33-35-87(36-34-86)42-47(9)10)71(97)82(23)57(41-74(18,19)100)65(91)78-59(48(11)12)72(98)79(20)54(38-44(3)4)64(90)75-51(16)63(89)76-52(17)67(93)80(21)55(39-45(5)6)69(95)81(22)56(40-46(7)8)70(96)84(25)60(49(13)14)73(99)85(61)26/h27,29,44-62,88,100H,28,30-43H2,1-26H3,(H,75,90)(H,76,89)(H,77,92)(H,78,91)/t50-,51+,52-,53+,54+,55+,56+,57+,58-,59+,60+,61+,62-/m1/s1. The molecule has 2 aliphatic rings. The molecule has 0 aromatic rings. The van der Waals surface area contributed by atoms with Gasteiger partial charge in [-0.15, -0.1) is 0 Å². The lowest BCUT2D eigenvalue weighted by Gasteiger charge is -2.41. The normalized spacial score (nSPS) is 26.8. The number of carbonyl (C=O) groups is 11. The fraction of sp³-hybridized carbons (Fsp3) is 0.824. The molecular weight excluding hydrogens is 1310 g/mol. The third-order valence-electron chi connectivity index (χ3n) is 19.5. The van der Waals surface area contributed by atoms with Crippen molar-refractivity contribution in [3.63, 3.8) is 0 Å². The van der Waals surface area contributed by atoms with E-state index in [-0.39, 0.29) is 62.0 Å². The van der Waals surface area contributed by atoms with E-state index in [9.17, 15) is 29.4 Å². The van der Waals surface area contributed by atoms with Gasteiger partial charge in [0, 0.05) is 94.2 Å². The molecule has 26 nitrogen and oxygen atoms in total. The number of aliphatic hydroxyl groups excluding tert-OH is 1. The number of piperazine rings is 1. The first-order valence-electron chi connectivity index (χ1n) is 36.9. The molecule has 2 saturated heterocycles. The van der Waals surface area contributed by atoms with Crippen molar-refractivity contribution in [2.45, 2.75) is 255 Å². The lowest BCUT2D eigenvalue weighted by Crippen LogP contribution is -2.64. The van der Waals surface area contributed by atoms with E-state index in [2.05, 4.69) is 44.9 Å². The number of amides is 11. The van der Waals surface area contributed by atoms with Gasteiger partial charge in [-0.3, -0.25) is 52.7 Å². The van der Waals surface area contributed by atoms with Gasteiger partial charge in [0.25, 0.3) is 0 Å². The number of rotatable bonds is 23. The predicted octanol–water partition coefficient (Wildman–Crippen LogP) is 4.15. The van der Waals surface area contributed by atoms with Gasteiger partial charge in [-0.05, 0) is 127 Å². The number of nitrogens with one attached hydrogen (secondary N) is 4. The number of carbonyl (C=O) groups excluding carboxylic acids is 11. The van der Waals surface area contributed by atoms with Gasteiger partial charge in [-0.25, -0.2) is 0 Å². The Labute approximate surface area is 610 Å². The molecule has 580 valence electrons. The second-order valence-corrected chi connectivity index (χ2v) is 32.8. The maximum atomic E-state index is 15.6. The van der Waals surface area contributed by atoms with Crippen molar-refractivity contribution in [3.8, 4) is 0 Å². The number of allylic oxidation sites excluding steroid dienone is 2. The molecule has 2 aliphatic heterocycles. The number of thioether (sulfide) groups is 1. The molecular formula is C74H135N13O13S. The van der Waals surface area contributed by atoms with E-state index in [0.717, 1.165) is 50.6 Å². The summed E-state index contributed by atoms with van der Waals surface area (Å²) in [6.07, 6.45) is 3.14. The van der Waals surface area contributed by atoms with Crippen LogP contribution in [0.2, 0.25) is 0 Å². The molecule has 0 unspecified atom stereocenters. The van der Waals surface area contributed by atoms with Crippen LogP contribution in [0.5, 0.6) is 0 Å². The second kappa shape index (κ2) is 42.2. The Kier molecular flexibility index (Phi) is 38.1. The van der Waals surface area contributed by atoms with Crippen LogP contribution in [0.4, 0.5) is 0 Å². The summed E-state index contributed by atoms with van der Waals surface area (Å²) in [5.41, 5.74) is -1.59. The highest BCUT2D eigenvalue weighted by atomic mass is 32.2. The Morgan fingerprint density at radius 1 is 0.495 bits per heavy atom. The Morgan fingerprint density at radius 2 is 0.941 bits per heavy atom. The van der Waals surface area contributed by atoms with Crippen LogP contribution in [-0.4, -0.2) is 298 Å². The first-order valence-corrected chi connectivity index (χ1v) is 38.1. The third kappa shape index (κ3) is 27.3.